The number of hydrogen-bond donors (Lipinski definition) is 1. The molecule has 47 heavy (non-hydrogen) atoms. The van der Waals surface area contributed by atoms with Crippen molar-refractivity contribution in [3.05, 3.63) is 71.4 Å². The Balaban J connectivity index is 1.26. The summed E-state index contributed by atoms with van der Waals surface area (Å²) in [6.45, 7) is 9.52. The predicted molar refractivity (Wildman–Crippen MR) is 183 cm³/mol. The summed E-state index contributed by atoms with van der Waals surface area (Å²) in [5.41, 5.74) is 3.42. The Morgan fingerprint density at radius 2 is 1.74 bits per heavy atom. The highest BCUT2D eigenvalue weighted by atomic mass is 16.6. The lowest BCUT2D eigenvalue weighted by Gasteiger charge is -2.33. The average molecular weight is 640 g/mol. The first-order chi connectivity index (χ1) is 22.6. The molecule has 0 spiro atoms. The Bertz CT molecular complexity index is 1600. The van der Waals surface area contributed by atoms with Crippen LogP contribution in [-0.4, -0.2) is 69.1 Å². The quantitative estimate of drug-likeness (QED) is 0.263. The molecule has 5 rings (SSSR count). The van der Waals surface area contributed by atoms with Crippen molar-refractivity contribution in [2.75, 3.05) is 13.1 Å². The summed E-state index contributed by atoms with van der Waals surface area (Å²) in [5, 5.41) is 13.4. The van der Waals surface area contributed by atoms with Crippen molar-refractivity contribution in [2.24, 2.45) is 0 Å². The van der Waals surface area contributed by atoms with Gasteiger partial charge in [0.05, 0.1) is 11.6 Å². The molecule has 1 N–H and O–H groups in total. The van der Waals surface area contributed by atoms with E-state index < -0.39 is 23.8 Å². The number of carbonyl (C=O) groups is 3. The molecule has 3 aromatic rings. The normalized spacial score (nSPS) is 18.7. The van der Waals surface area contributed by atoms with Crippen LogP contribution >= 0.6 is 0 Å². The third-order valence-electron chi connectivity index (χ3n) is 9.44. The summed E-state index contributed by atoms with van der Waals surface area (Å²) >= 11 is 0. The van der Waals surface area contributed by atoms with Gasteiger partial charge in [-0.3, -0.25) is 9.59 Å². The maximum absolute atomic E-state index is 14.1. The fourth-order valence-electron chi connectivity index (χ4n) is 7.24. The third-order valence-corrected chi connectivity index (χ3v) is 9.44. The Morgan fingerprint density at radius 1 is 1.00 bits per heavy atom. The lowest BCUT2D eigenvalue weighted by molar-refractivity contribution is -0.145. The highest BCUT2D eigenvalue weighted by Gasteiger charge is 2.42. The fourth-order valence-corrected chi connectivity index (χ4v) is 7.24. The lowest BCUT2D eigenvalue weighted by atomic mass is 10.0. The molecule has 0 aliphatic carbocycles. The van der Waals surface area contributed by atoms with Crippen LogP contribution in [0.25, 0.3) is 10.9 Å². The van der Waals surface area contributed by atoms with E-state index in [1.807, 2.05) is 41.3 Å². The Labute approximate surface area is 278 Å². The molecule has 0 bridgehead atoms. The Morgan fingerprint density at radius 3 is 2.47 bits per heavy atom. The molecule has 9 nitrogen and oxygen atoms in total. The van der Waals surface area contributed by atoms with Crippen LogP contribution in [0.1, 0.15) is 89.5 Å². The first kappa shape index (κ1) is 34.0. The zero-order chi connectivity index (χ0) is 33.6. The minimum atomic E-state index is -0.770. The second-order valence-electron chi connectivity index (χ2n) is 13.9. The second kappa shape index (κ2) is 15.1. The highest BCUT2D eigenvalue weighted by molar-refractivity contribution is 5.92. The van der Waals surface area contributed by atoms with Gasteiger partial charge in [0.15, 0.2) is 0 Å². The molecule has 2 saturated heterocycles. The standard InChI is InChI=1S/C38H49N5O4/c1-5-41-31(25-29-19-18-28(26-39)24-34(29)41)21-20-30-15-10-22-42(30)36(45)33-17-11-23-43(33)35(44)32(40-37(46)47-38(2,3)4)16-9-14-27-12-7-6-8-13-27/h6-8,12-13,18-19,24-25,30,32-33H,5,9-11,14-17,20-23H2,1-4H3,(H,40,46)/t30-,32-,33+/m0/s1. The van der Waals surface area contributed by atoms with E-state index in [1.165, 1.54) is 11.3 Å². The average Bonchev–Trinajstić information content (AvgIpc) is 3.80. The van der Waals surface area contributed by atoms with Gasteiger partial charge >= 0.3 is 6.09 Å². The predicted octanol–water partition coefficient (Wildman–Crippen LogP) is 6.36. The van der Waals surface area contributed by atoms with E-state index in [4.69, 9.17) is 4.74 Å². The number of alkyl carbamates (subject to hydrolysis) is 1. The summed E-state index contributed by atoms with van der Waals surface area (Å²) < 4.78 is 7.78. The van der Waals surface area contributed by atoms with Crippen LogP contribution in [0.4, 0.5) is 4.79 Å². The summed E-state index contributed by atoms with van der Waals surface area (Å²) in [6.07, 6.45) is 6.28. The summed E-state index contributed by atoms with van der Waals surface area (Å²) in [4.78, 5) is 44.7. The van der Waals surface area contributed by atoms with Crippen LogP contribution in [0.2, 0.25) is 0 Å². The zero-order valence-corrected chi connectivity index (χ0v) is 28.3. The summed E-state index contributed by atoms with van der Waals surface area (Å²) in [6, 6.07) is 19.2. The van der Waals surface area contributed by atoms with Crippen molar-refractivity contribution < 1.29 is 19.1 Å². The van der Waals surface area contributed by atoms with Crippen LogP contribution in [-0.2, 0) is 33.7 Å². The molecular weight excluding hydrogens is 590 g/mol. The molecule has 3 heterocycles. The first-order valence-electron chi connectivity index (χ1n) is 17.2. The van der Waals surface area contributed by atoms with Gasteiger partial charge in [-0.15, -0.1) is 0 Å². The van der Waals surface area contributed by atoms with Crippen molar-refractivity contribution in [2.45, 2.75) is 116 Å². The van der Waals surface area contributed by atoms with E-state index in [0.717, 1.165) is 56.0 Å². The molecule has 1 aromatic heterocycles. The van der Waals surface area contributed by atoms with Crippen LogP contribution in [0.3, 0.4) is 0 Å². The number of ether oxygens (including phenoxy) is 1. The number of amides is 3. The number of nitriles is 1. The first-order valence-corrected chi connectivity index (χ1v) is 17.2. The molecule has 9 heteroatoms. The van der Waals surface area contributed by atoms with Gasteiger partial charge in [-0.1, -0.05) is 36.4 Å². The third kappa shape index (κ3) is 8.34. The number of carbonyl (C=O) groups excluding carboxylic acids is 3. The largest absolute Gasteiger partial charge is 0.444 e. The van der Waals surface area contributed by atoms with Crippen molar-refractivity contribution in [1.29, 1.82) is 5.26 Å². The molecule has 2 aliphatic heterocycles. The minimum absolute atomic E-state index is 0.0216. The van der Waals surface area contributed by atoms with Gasteiger partial charge in [-0.2, -0.15) is 5.26 Å². The van der Waals surface area contributed by atoms with Crippen LogP contribution < -0.4 is 5.32 Å². The van der Waals surface area contributed by atoms with E-state index in [2.05, 4.69) is 41.1 Å². The van der Waals surface area contributed by atoms with Crippen LogP contribution in [0.5, 0.6) is 0 Å². The summed E-state index contributed by atoms with van der Waals surface area (Å²) in [7, 11) is 0. The monoisotopic (exact) mass is 639 g/mol. The summed E-state index contributed by atoms with van der Waals surface area (Å²) in [5.74, 6) is -0.187. The molecule has 0 saturated carbocycles. The maximum Gasteiger partial charge on any atom is 0.408 e. The van der Waals surface area contributed by atoms with Crippen molar-refractivity contribution in [3.8, 4) is 6.07 Å². The number of aromatic nitrogens is 1. The van der Waals surface area contributed by atoms with E-state index in [-0.39, 0.29) is 17.9 Å². The number of fused-ring (bicyclic) bond motifs is 1. The van der Waals surface area contributed by atoms with Gasteiger partial charge < -0.3 is 24.4 Å². The lowest BCUT2D eigenvalue weighted by Crippen LogP contribution is -2.55. The fraction of sp³-hybridized carbons (Fsp3) is 0.526. The van der Waals surface area contributed by atoms with Crippen molar-refractivity contribution >= 4 is 28.8 Å². The molecule has 0 radical (unpaired) electrons. The zero-order valence-electron chi connectivity index (χ0n) is 28.3. The number of likely N-dealkylation sites (tertiary alicyclic amines) is 2. The molecule has 0 unspecified atom stereocenters. The highest BCUT2D eigenvalue weighted by Crippen LogP contribution is 2.29. The van der Waals surface area contributed by atoms with Gasteiger partial charge in [0.25, 0.3) is 0 Å². The molecule has 2 aromatic carbocycles. The molecule has 250 valence electrons. The van der Waals surface area contributed by atoms with E-state index in [0.29, 0.717) is 37.9 Å². The second-order valence-corrected chi connectivity index (χ2v) is 13.9. The number of nitrogens with zero attached hydrogens (tertiary/aromatic N) is 4. The van der Waals surface area contributed by atoms with E-state index in [1.54, 1.807) is 25.7 Å². The molecule has 2 fully saturated rings. The molecule has 3 amide bonds. The SMILES string of the molecule is CCn1c(CC[C@@H]2CCCN2C(=O)[C@H]2CCCN2C(=O)[C@H](CCCc2ccccc2)NC(=O)OC(C)(C)C)cc2ccc(C#N)cc21. The van der Waals surface area contributed by atoms with Gasteiger partial charge in [0.2, 0.25) is 11.8 Å². The maximum atomic E-state index is 14.1. The molecule has 3 atom stereocenters. The van der Waals surface area contributed by atoms with Crippen molar-refractivity contribution in [1.82, 2.24) is 19.7 Å². The molecule has 2 aliphatic rings. The Hall–Kier alpha value is -4.32. The number of rotatable bonds is 11. The van der Waals surface area contributed by atoms with Gasteiger partial charge in [0, 0.05) is 36.9 Å². The minimum Gasteiger partial charge on any atom is -0.444 e. The van der Waals surface area contributed by atoms with Crippen molar-refractivity contribution in [3.63, 3.8) is 0 Å². The Kier molecular flexibility index (Phi) is 10.9. The van der Waals surface area contributed by atoms with Crippen LogP contribution in [0, 0.1) is 11.3 Å². The van der Waals surface area contributed by atoms with E-state index >= 15 is 0 Å². The van der Waals surface area contributed by atoms with Crippen LogP contribution in [0.15, 0.2) is 54.6 Å². The number of aryl methyl sites for hydroxylation is 3. The number of benzene rings is 2. The van der Waals surface area contributed by atoms with Gasteiger partial charge in [0.1, 0.15) is 17.7 Å². The van der Waals surface area contributed by atoms with E-state index in [9.17, 15) is 19.6 Å². The number of nitrogens with one attached hydrogen (secondary N) is 1. The smallest absolute Gasteiger partial charge is 0.408 e. The van der Waals surface area contributed by atoms with Gasteiger partial charge in [-0.25, -0.2) is 4.79 Å². The topological polar surface area (TPSA) is 108 Å². The molecular formula is C38H49N5O4. The number of hydrogen-bond acceptors (Lipinski definition) is 5. The van der Waals surface area contributed by atoms with Gasteiger partial charge in [-0.05, 0) is 115 Å².